The van der Waals surface area contributed by atoms with Crippen LogP contribution in [0.2, 0.25) is 0 Å². The number of para-hydroxylation sites is 1. The van der Waals surface area contributed by atoms with Gasteiger partial charge < -0.3 is 10.3 Å². The summed E-state index contributed by atoms with van der Waals surface area (Å²) in [5.74, 6) is 0.202. The number of aromatic amines is 1. The Kier molecular flexibility index (Phi) is 2.49. The number of benzene rings is 1. The molecule has 3 aromatic rings. The molecule has 5 heteroatoms. The fourth-order valence-corrected chi connectivity index (χ4v) is 1.74. The van der Waals surface area contributed by atoms with E-state index in [-0.39, 0.29) is 5.91 Å². The molecular weight excluding hydrogens is 228 g/mol. The van der Waals surface area contributed by atoms with Crippen LogP contribution in [0.15, 0.2) is 48.9 Å². The van der Waals surface area contributed by atoms with E-state index in [0.717, 1.165) is 10.9 Å². The van der Waals surface area contributed by atoms with E-state index in [0.29, 0.717) is 11.5 Å². The van der Waals surface area contributed by atoms with Crippen LogP contribution in [0.5, 0.6) is 0 Å². The van der Waals surface area contributed by atoms with Crippen LogP contribution in [0.1, 0.15) is 10.5 Å². The van der Waals surface area contributed by atoms with Crippen molar-refractivity contribution in [3.63, 3.8) is 0 Å². The highest BCUT2D eigenvalue weighted by Gasteiger charge is 2.09. The molecule has 3 rings (SSSR count). The summed E-state index contributed by atoms with van der Waals surface area (Å²) in [5, 5.41) is 3.68. The van der Waals surface area contributed by atoms with Gasteiger partial charge in [-0.25, -0.2) is 4.98 Å². The van der Waals surface area contributed by atoms with Gasteiger partial charge in [0.1, 0.15) is 5.69 Å². The standard InChI is InChI=1S/C13H10N4O/c18-13(17-12-8-14-5-6-15-12)11-7-9-3-1-2-4-10(9)16-11/h1-8,16H,(H,15,17,18). The molecule has 0 bridgehead atoms. The van der Waals surface area contributed by atoms with Gasteiger partial charge in [-0.3, -0.25) is 9.78 Å². The van der Waals surface area contributed by atoms with E-state index < -0.39 is 0 Å². The van der Waals surface area contributed by atoms with Gasteiger partial charge in [-0.05, 0) is 12.1 Å². The van der Waals surface area contributed by atoms with Crippen molar-refractivity contribution in [2.45, 2.75) is 0 Å². The highest BCUT2D eigenvalue weighted by Crippen LogP contribution is 2.15. The van der Waals surface area contributed by atoms with Gasteiger partial charge in [0.2, 0.25) is 0 Å². The number of H-pyrrole nitrogens is 1. The first-order valence-corrected chi connectivity index (χ1v) is 5.48. The molecule has 18 heavy (non-hydrogen) atoms. The zero-order valence-electron chi connectivity index (χ0n) is 9.42. The second kappa shape index (κ2) is 4.29. The molecule has 0 atom stereocenters. The highest BCUT2D eigenvalue weighted by atomic mass is 16.1. The minimum atomic E-state index is -0.230. The van der Waals surface area contributed by atoms with Crippen LogP contribution in [0.25, 0.3) is 10.9 Å². The summed E-state index contributed by atoms with van der Waals surface area (Å²) in [4.78, 5) is 22.9. The van der Waals surface area contributed by atoms with Crippen molar-refractivity contribution < 1.29 is 4.79 Å². The summed E-state index contributed by atoms with van der Waals surface area (Å²) in [7, 11) is 0. The lowest BCUT2D eigenvalue weighted by atomic mass is 10.2. The molecule has 0 saturated carbocycles. The fourth-order valence-electron chi connectivity index (χ4n) is 1.74. The van der Waals surface area contributed by atoms with E-state index in [2.05, 4.69) is 20.3 Å². The third-order valence-electron chi connectivity index (χ3n) is 2.58. The van der Waals surface area contributed by atoms with E-state index in [4.69, 9.17) is 0 Å². The van der Waals surface area contributed by atoms with Crippen molar-refractivity contribution in [2.24, 2.45) is 0 Å². The molecule has 0 radical (unpaired) electrons. The monoisotopic (exact) mass is 238 g/mol. The first kappa shape index (κ1) is 10.5. The smallest absolute Gasteiger partial charge is 0.273 e. The molecular formula is C13H10N4O. The zero-order valence-corrected chi connectivity index (χ0v) is 9.42. The molecule has 0 saturated heterocycles. The van der Waals surface area contributed by atoms with Gasteiger partial charge in [0, 0.05) is 23.3 Å². The van der Waals surface area contributed by atoms with Crippen molar-refractivity contribution in [3.8, 4) is 0 Å². The van der Waals surface area contributed by atoms with Gasteiger partial charge in [0.05, 0.1) is 6.20 Å². The lowest BCUT2D eigenvalue weighted by Gasteiger charge is -2.00. The minimum absolute atomic E-state index is 0.230. The van der Waals surface area contributed by atoms with Crippen molar-refractivity contribution in [1.29, 1.82) is 0 Å². The lowest BCUT2D eigenvalue weighted by Crippen LogP contribution is -2.13. The molecule has 0 fully saturated rings. The van der Waals surface area contributed by atoms with Crippen LogP contribution in [0.3, 0.4) is 0 Å². The normalized spacial score (nSPS) is 10.4. The third-order valence-corrected chi connectivity index (χ3v) is 2.58. The predicted octanol–water partition coefficient (Wildman–Crippen LogP) is 2.21. The second-order valence-corrected chi connectivity index (χ2v) is 3.82. The number of anilines is 1. The van der Waals surface area contributed by atoms with Crippen LogP contribution in [0.4, 0.5) is 5.82 Å². The van der Waals surface area contributed by atoms with Gasteiger partial charge in [-0.2, -0.15) is 0 Å². The van der Waals surface area contributed by atoms with E-state index in [1.54, 1.807) is 12.3 Å². The minimum Gasteiger partial charge on any atom is -0.351 e. The molecule has 0 aliphatic heterocycles. The Hall–Kier alpha value is -2.69. The molecule has 0 aliphatic carbocycles. The average Bonchev–Trinajstić information content (AvgIpc) is 2.84. The Morgan fingerprint density at radius 2 is 2.11 bits per heavy atom. The Morgan fingerprint density at radius 3 is 2.89 bits per heavy atom. The van der Waals surface area contributed by atoms with Crippen molar-refractivity contribution in [1.82, 2.24) is 15.0 Å². The maximum Gasteiger partial charge on any atom is 0.273 e. The predicted molar refractivity (Wildman–Crippen MR) is 68.3 cm³/mol. The summed E-state index contributed by atoms with van der Waals surface area (Å²) < 4.78 is 0. The second-order valence-electron chi connectivity index (χ2n) is 3.82. The van der Waals surface area contributed by atoms with Crippen LogP contribution < -0.4 is 5.32 Å². The number of fused-ring (bicyclic) bond motifs is 1. The summed E-state index contributed by atoms with van der Waals surface area (Å²) >= 11 is 0. The molecule has 1 amide bonds. The quantitative estimate of drug-likeness (QED) is 0.719. The number of rotatable bonds is 2. The number of hydrogen-bond acceptors (Lipinski definition) is 3. The van der Waals surface area contributed by atoms with Crippen LogP contribution in [-0.2, 0) is 0 Å². The summed E-state index contributed by atoms with van der Waals surface area (Å²) in [5.41, 5.74) is 1.43. The number of carbonyl (C=O) groups excluding carboxylic acids is 1. The molecule has 0 spiro atoms. The van der Waals surface area contributed by atoms with E-state index in [9.17, 15) is 4.79 Å². The SMILES string of the molecule is O=C(Nc1cnccn1)c1cc2ccccc2[nH]1. The van der Waals surface area contributed by atoms with Gasteiger partial charge in [0.15, 0.2) is 5.82 Å². The lowest BCUT2D eigenvalue weighted by molar-refractivity contribution is 0.102. The number of hydrogen-bond donors (Lipinski definition) is 2. The van der Waals surface area contributed by atoms with E-state index in [1.807, 2.05) is 24.3 Å². The van der Waals surface area contributed by atoms with Crippen molar-refractivity contribution >= 4 is 22.6 Å². The molecule has 5 nitrogen and oxygen atoms in total. The summed E-state index contributed by atoms with van der Waals surface area (Å²) in [6.07, 6.45) is 4.58. The van der Waals surface area contributed by atoms with E-state index in [1.165, 1.54) is 12.4 Å². The maximum absolute atomic E-state index is 12.0. The fraction of sp³-hybridized carbons (Fsp3) is 0. The maximum atomic E-state index is 12.0. The average molecular weight is 238 g/mol. The largest absolute Gasteiger partial charge is 0.351 e. The Morgan fingerprint density at radius 1 is 1.22 bits per heavy atom. The van der Waals surface area contributed by atoms with Gasteiger partial charge in [-0.1, -0.05) is 18.2 Å². The Bertz CT molecular complexity index is 657. The molecule has 2 aromatic heterocycles. The van der Waals surface area contributed by atoms with Crippen LogP contribution in [-0.4, -0.2) is 20.9 Å². The number of aromatic nitrogens is 3. The summed E-state index contributed by atoms with van der Waals surface area (Å²) in [6, 6.07) is 9.53. The molecule has 0 aliphatic rings. The molecule has 2 heterocycles. The number of nitrogens with one attached hydrogen (secondary N) is 2. The molecule has 0 unspecified atom stereocenters. The third kappa shape index (κ3) is 1.93. The van der Waals surface area contributed by atoms with Crippen molar-refractivity contribution in [3.05, 3.63) is 54.6 Å². The number of amides is 1. The number of carbonyl (C=O) groups is 1. The summed E-state index contributed by atoms with van der Waals surface area (Å²) in [6.45, 7) is 0. The first-order chi connectivity index (χ1) is 8.83. The van der Waals surface area contributed by atoms with Gasteiger partial charge >= 0.3 is 0 Å². The first-order valence-electron chi connectivity index (χ1n) is 5.48. The topological polar surface area (TPSA) is 70.7 Å². The highest BCUT2D eigenvalue weighted by molar-refractivity contribution is 6.05. The van der Waals surface area contributed by atoms with Gasteiger partial charge in [0.25, 0.3) is 5.91 Å². The molecule has 88 valence electrons. The molecule has 2 N–H and O–H groups in total. The molecule has 1 aromatic carbocycles. The number of nitrogens with zero attached hydrogens (tertiary/aromatic N) is 2. The Balaban J connectivity index is 1.88. The van der Waals surface area contributed by atoms with Crippen LogP contribution >= 0.6 is 0 Å². The van der Waals surface area contributed by atoms with Crippen LogP contribution in [0, 0.1) is 0 Å². The Labute approximate surface area is 103 Å². The van der Waals surface area contributed by atoms with Crippen molar-refractivity contribution in [2.75, 3.05) is 5.32 Å². The van der Waals surface area contributed by atoms with E-state index >= 15 is 0 Å². The van der Waals surface area contributed by atoms with Gasteiger partial charge in [-0.15, -0.1) is 0 Å². The zero-order chi connectivity index (χ0) is 12.4.